The average Bonchev–Trinajstić information content (AvgIpc) is 3.15. The summed E-state index contributed by atoms with van der Waals surface area (Å²) in [4.78, 5) is 4.17. The van der Waals surface area contributed by atoms with Crippen molar-refractivity contribution in [2.75, 3.05) is 7.11 Å². The molecule has 0 amide bonds. The average molecular weight is 258 g/mol. The Balaban J connectivity index is 1.94. The topological polar surface area (TPSA) is 47.3 Å². The molecular weight excluding hydrogens is 240 g/mol. The summed E-state index contributed by atoms with van der Waals surface area (Å²) < 4.78 is 7.28. The predicted molar refractivity (Wildman–Crippen MR) is 72.3 cm³/mol. The Morgan fingerprint density at radius 2 is 2.21 bits per heavy atom. The van der Waals surface area contributed by atoms with Crippen LogP contribution in [0.2, 0.25) is 0 Å². The Bertz CT molecular complexity index is 588. The van der Waals surface area contributed by atoms with Crippen molar-refractivity contribution in [2.24, 2.45) is 0 Å². The molecule has 100 valence electrons. The summed E-state index contributed by atoms with van der Waals surface area (Å²) in [6, 6.07) is 6.26. The third-order valence-electron chi connectivity index (χ3n) is 3.69. The number of benzene rings is 1. The zero-order valence-corrected chi connectivity index (χ0v) is 11.2. The number of hydrogen-bond donors (Lipinski definition) is 1. The Kier molecular flexibility index (Phi) is 3.03. The first-order chi connectivity index (χ1) is 9.20. The maximum Gasteiger partial charge on any atom is 0.121 e. The lowest BCUT2D eigenvalue weighted by Gasteiger charge is -2.16. The van der Waals surface area contributed by atoms with Crippen LogP contribution in [0.5, 0.6) is 5.75 Å². The van der Waals surface area contributed by atoms with Crippen molar-refractivity contribution in [1.29, 1.82) is 0 Å². The first-order valence-corrected chi connectivity index (χ1v) is 6.55. The standard InChI is InChI=1S/C15H18N2O2/c1-10-7-12(19-2)5-6-13(10)15(18)14-8-16-9-17(14)11-3-4-11/h5-9,11,15,18H,3-4H2,1-2H3. The molecule has 19 heavy (non-hydrogen) atoms. The maximum atomic E-state index is 10.6. The van der Waals surface area contributed by atoms with Crippen LogP contribution in [0.15, 0.2) is 30.7 Å². The number of methoxy groups -OCH3 is 1. The lowest BCUT2D eigenvalue weighted by molar-refractivity contribution is 0.209. The molecule has 1 aromatic carbocycles. The van der Waals surface area contributed by atoms with Crippen molar-refractivity contribution in [3.8, 4) is 5.75 Å². The van der Waals surface area contributed by atoms with E-state index in [1.165, 1.54) is 12.8 Å². The molecule has 4 nitrogen and oxygen atoms in total. The van der Waals surface area contributed by atoms with Crippen LogP contribution < -0.4 is 4.74 Å². The Labute approximate surface area is 112 Å². The minimum Gasteiger partial charge on any atom is -0.497 e. The van der Waals surface area contributed by atoms with Gasteiger partial charge in [0.1, 0.15) is 11.9 Å². The largest absolute Gasteiger partial charge is 0.497 e. The van der Waals surface area contributed by atoms with Crippen LogP contribution in [-0.2, 0) is 0 Å². The smallest absolute Gasteiger partial charge is 0.121 e. The van der Waals surface area contributed by atoms with E-state index in [1.807, 2.05) is 31.5 Å². The summed E-state index contributed by atoms with van der Waals surface area (Å²) in [6.45, 7) is 1.99. The summed E-state index contributed by atoms with van der Waals surface area (Å²) in [5.74, 6) is 0.809. The number of rotatable bonds is 4. The highest BCUT2D eigenvalue weighted by Gasteiger charge is 2.28. The lowest BCUT2D eigenvalue weighted by Crippen LogP contribution is -2.08. The monoisotopic (exact) mass is 258 g/mol. The quantitative estimate of drug-likeness (QED) is 0.917. The van der Waals surface area contributed by atoms with Crippen LogP contribution in [0.25, 0.3) is 0 Å². The van der Waals surface area contributed by atoms with Crippen LogP contribution in [0, 0.1) is 6.92 Å². The van der Waals surface area contributed by atoms with Gasteiger partial charge < -0.3 is 14.4 Å². The molecule has 1 fully saturated rings. The van der Waals surface area contributed by atoms with E-state index in [0.29, 0.717) is 6.04 Å². The molecule has 1 aromatic heterocycles. The Hall–Kier alpha value is -1.81. The number of aliphatic hydroxyl groups is 1. The highest BCUT2D eigenvalue weighted by Crippen LogP contribution is 2.38. The van der Waals surface area contributed by atoms with Gasteiger partial charge in [-0.3, -0.25) is 0 Å². The molecule has 1 heterocycles. The second-order valence-corrected chi connectivity index (χ2v) is 5.08. The fraction of sp³-hybridized carbons (Fsp3) is 0.400. The number of imidazole rings is 1. The third-order valence-corrected chi connectivity index (χ3v) is 3.69. The predicted octanol–water partition coefficient (Wildman–Crippen LogP) is 2.62. The van der Waals surface area contributed by atoms with Gasteiger partial charge in [-0.1, -0.05) is 6.07 Å². The summed E-state index contributed by atoms with van der Waals surface area (Å²) in [6.07, 6.45) is 5.30. The van der Waals surface area contributed by atoms with Crippen molar-refractivity contribution in [1.82, 2.24) is 9.55 Å². The molecule has 1 saturated carbocycles. The molecule has 1 unspecified atom stereocenters. The highest BCUT2D eigenvalue weighted by molar-refractivity contribution is 5.38. The van der Waals surface area contributed by atoms with Gasteiger partial charge in [0.15, 0.2) is 0 Å². The van der Waals surface area contributed by atoms with Gasteiger partial charge in [0, 0.05) is 6.04 Å². The molecule has 1 N–H and O–H groups in total. The van der Waals surface area contributed by atoms with Crippen molar-refractivity contribution < 1.29 is 9.84 Å². The van der Waals surface area contributed by atoms with Gasteiger partial charge in [0.25, 0.3) is 0 Å². The summed E-state index contributed by atoms with van der Waals surface area (Å²) in [5, 5.41) is 10.6. The van der Waals surface area contributed by atoms with Gasteiger partial charge in [-0.05, 0) is 43.0 Å². The fourth-order valence-corrected chi connectivity index (χ4v) is 2.43. The zero-order chi connectivity index (χ0) is 13.4. The molecule has 0 spiro atoms. The van der Waals surface area contributed by atoms with Crippen LogP contribution >= 0.6 is 0 Å². The first kappa shape index (κ1) is 12.2. The second-order valence-electron chi connectivity index (χ2n) is 5.08. The molecule has 0 saturated heterocycles. The van der Waals surface area contributed by atoms with E-state index < -0.39 is 6.10 Å². The highest BCUT2D eigenvalue weighted by atomic mass is 16.5. The van der Waals surface area contributed by atoms with Crippen LogP contribution in [0.4, 0.5) is 0 Å². The van der Waals surface area contributed by atoms with Gasteiger partial charge in [-0.2, -0.15) is 0 Å². The summed E-state index contributed by atoms with van der Waals surface area (Å²) in [7, 11) is 1.65. The molecular formula is C15H18N2O2. The van der Waals surface area contributed by atoms with E-state index in [2.05, 4.69) is 9.55 Å². The van der Waals surface area contributed by atoms with E-state index in [9.17, 15) is 5.11 Å². The third kappa shape index (κ3) is 2.24. The van der Waals surface area contributed by atoms with Crippen molar-refractivity contribution >= 4 is 0 Å². The van der Waals surface area contributed by atoms with Gasteiger partial charge in [0.2, 0.25) is 0 Å². The van der Waals surface area contributed by atoms with Gasteiger partial charge in [-0.15, -0.1) is 0 Å². The molecule has 1 aliphatic carbocycles. The number of aryl methyl sites for hydroxylation is 1. The van der Waals surface area contributed by atoms with Crippen molar-refractivity contribution in [2.45, 2.75) is 31.9 Å². The number of nitrogens with zero attached hydrogens (tertiary/aromatic N) is 2. The minimum atomic E-state index is -0.631. The first-order valence-electron chi connectivity index (χ1n) is 6.55. The maximum absolute atomic E-state index is 10.6. The Morgan fingerprint density at radius 3 is 2.84 bits per heavy atom. The lowest BCUT2D eigenvalue weighted by atomic mass is 10.0. The summed E-state index contributed by atoms with van der Waals surface area (Å²) in [5.41, 5.74) is 2.80. The number of aliphatic hydroxyl groups excluding tert-OH is 1. The normalized spacial score (nSPS) is 16.4. The molecule has 1 atom stereocenters. The van der Waals surface area contributed by atoms with E-state index in [4.69, 9.17) is 4.74 Å². The van der Waals surface area contributed by atoms with Crippen LogP contribution in [0.1, 0.15) is 41.8 Å². The molecule has 0 bridgehead atoms. The van der Waals surface area contributed by atoms with E-state index in [0.717, 1.165) is 22.6 Å². The number of hydrogen-bond acceptors (Lipinski definition) is 3. The van der Waals surface area contributed by atoms with Crippen molar-refractivity contribution in [3.05, 3.63) is 47.5 Å². The van der Waals surface area contributed by atoms with Gasteiger partial charge >= 0.3 is 0 Å². The molecule has 2 aromatic rings. The minimum absolute atomic E-state index is 0.519. The number of aromatic nitrogens is 2. The van der Waals surface area contributed by atoms with Gasteiger partial charge in [0.05, 0.1) is 25.3 Å². The Morgan fingerprint density at radius 1 is 1.42 bits per heavy atom. The molecule has 0 radical (unpaired) electrons. The SMILES string of the molecule is COc1ccc(C(O)c2cncn2C2CC2)c(C)c1. The van der Waals surface area contributed by atoms with Crippen molar-refractivity contribution in [3.63, 3.8) is 0 Å². The molecule has 0 aliphatic heterocycles. The van der Waals surface area contributed by atoms with Gasteiger partial charge in [-0.25, -0.2) is 4.98 Å². The molecule has 4 heteroatoms. The fourth-order valence-electron chi connectivity index (χ4n) is 2.43. The van der Waals surface area contributed by atoms with Crippen LogP contribution in [0.3, 0.4) is 0 Å². The molecule has 3 rings (SSSR count). The second kappa shape index (κ2) is 4.70. The van der Waals surface area contributed by atoms with Crippen LogP contribution in [-0.4, -0.2) is 21.8 Å². The molecule has 1 aliphatic rings. The zero-order valence-electron chi connectivity index (χ0n) is 11.2. The summed E-state index contributed by atoms with van der Waals surface area (Å²) >= 11 is 0. The van der Waals surface area contributed by atoms with E-state index >= 15 is 0 Å². The number of ether oxygens (including phenoxy) is 1. The van der Waals surface area contributed by atoms with E-state index in [1.54, 1.807) is 13.3 Å². The van der Waals surface area contributed by atoms with E-state index in [-0.39, 0.29) is 0 Å².